The van der Waals surface area contributed by atoms with Crippen LogP contribution in [0.1, 0.15) is 36.4 Å². The first kappa shape index (κ1) is 12.5. The fourth-order valence-corrected chi connectivity index (χ4v) is 3.33. The Balaban J connectivity index is 2.07. The maximum Gasteiger partial charge on any atom is 0.307 e. The van der Waals surface area contributed by atoms with Crippen molar-refractivity contribution in [2.75, 3.05) is 13.1 Å². The van der Waals surface area contributed by atoms with Gasteiger partial charge in [-0.1, -0.05) is 0 Å². The zero-order valence-electron chi connectivity index (χ0n) is 10.2. The average Bonchev–Trinajstić information content (AvgIpc) is 2.74. The average molecular weight is 254 g/mol. The molecule has 0 radical (unpaired) electrons. The molecule has 1 saturated heterocycles. The van der Waals surface area contributed by atoms with Crippen LogP contribution in [-0.2, 0) is 4.79 Å². The summed E-state index contributed by atoms with van der Waals surface area (Å²) in [5, 5.41) is 9.09. The van der Waals surface area contributed by atoms with Crippen LogP contribution in [0.4, 0.5) is 0 Å². The van der Waals surface area contributed by atoms with Gasteiger partial charge in [0.25, 0.3) is 0 Å². The quantitative estimate of drug-likeness (QED) is 0.899. The van der Waals surface area contributed by atoms with Crippen LogP contribution in [0.25, 0.3) is 0 Å². The zero-order chi connectivity index (χ0) is 12.4. The SMILES string of the molecule is Cc1ncsc1C(C)N1CCCC(C(=O)O)C1. The highest BCUT2D eigenvalue weighted by Gasteiger charge is 2.29. The van der Waals surface area contributed by atoms with E-state index in [1.165, 1.54) is 4.88 Å². The molecule has 1 aromatic rings. The lowest BCUT2D eigenvalue weighted by Crippen LogP contribution is -2.40. The Morgan fingerprint density at radius 2 is 2.47 bits per heavy atom. The van der Waals surface area contributed by atoms with E-state index < -0.39 is 5.97 Å². The second-order valence-electron chi connectivity index (χ2n) is 4.65. The smallest absolute Gasteiger partial charge is 0.307 e. The van der Waals surface area contributed by atoms with Gasteiger partial charge in [-0.3, -0.25) is 9.69 Å². The minimum Gasteiger partial charge on any atom is -0.481 e. The molecule has 2 heterocycles. The Hall–Kier alpha value is -0.940. The minimum absolute atomic E-state index is 0.209. The lowest BCUT2D eigenvalue weighted by molar-refractivity contribution is -0.143. The Kier molecular flexibility index (Phi) is 3.79. The molecular weight excluding hydrogens is 236 g/mol. The summed E-state index contributed by atoms with van der Waals surface area (Å²) in [4.78, 5) is 18.8. The molecule has 0 spiro atoms. The standard InChI is InChI=1S/C12H18N2O2S/c1-8-11(17-7-13-8)9(2)14-5-3-4-10(6-14)12(15)16/h7,9-10H,3-6H2,1-2H3,(H,15,16). The number of hydrogen-bond donors (Lipinski definition) is 1. The first-order valence-corrected chi connectivity index (χ1v) is 6.84. The summed E-state index contributed by atoms with van der Waals surface area (Å²) in [6.07, 6.45) is 1.78. The number of carboxylic acids is 1. The van der Waals surface area contributed by atoms with Gasteiger partial charge in [-0.15, -0.1) is 11.3 Å². The van der Waals surface area contributed by atoms with Crippen LogP contribution >= 0.6 is 11.3 Å². The molecule has 0 amide bonds. The number of carboxylic acid groups (broad SMARTS) is 1. The van der Waals surface area contributed by atoms with Crippen molar-refractivity contribution in [1.29, 1.82) is 0 Å². The van der Waals surface area contributed by atoms with E-state index in [2.05, 4.69) is 16.8 Å². The fourth-order valence-electron chi connectivity index (χ4n) is 2.44. The van der Waals surface area contributed by atoms with Gasteiger partial charge in [0.15, 0.2) is 0 Å². The van der Waals surface area contributed by atoms with Gasteiger partial charge in [0, 0.05) is 17.5 Å². The topological polar surface area (TPSA) is 53.4 Å². The molecule has 2 atom stereocenters. The van der Waals surface area contributed by atoms with Crippen molar-refractivity contribution < 1.29 is 9.90 Å². The van der Waals surface area contributed by atoms with Crippen LogP contribution in [0.5, 0.6) is 0 Å². The van der Waals surface area contributed by atoms with Crippen molar-refractivity contribution >= 4 is 17.3 Å². The molecule has 0 aliphatic carbocycles. The lowest BCUT2D eigenvalue weighted by atomic mass is 9.97. The predicted molar refractivity (Wildman–Crippen MR) is 67.2 cm³/mol. The summed E-state index contributed by atoms with van der Waals surface area (Å²) >= 11 is 1.66. The lowest BCUT2D eigenvalue weighted by Gasteiger charge is -2.35. The van der Waals surface area contributed by atoms with E-state index in [9.17, 15) is 4.79 Å². The summed E-state index contributed by atoms with van der Waals surface area (Å²) < 4.78 is 0. The largest absolute Gasteiger partial charge is 0.481 e. The first-order chi connectivity index (χ1) is 8.09. The van der Waals surface area contributed by atoms with E-state index in [1.807, 2.05) is 12.4 Å². The fraction of sp³-hybridized carbons (Fsp3) is 0.667. The molecule has 1 aromatic heterocycles. The number of rotatable bonds is 3. The maximum absolute atomic E-state index is 11.0. The molecule has 4 nitrogen and oxygen atoms in total. The molecule has 2 rings (SSSR count). The molecule has 0 aromatic carbocycles. The summed E-state index contributed by atoms with van der Waals surface area (Å²) in [5.41, 5.74) is 2.93. The van der Waals surface area contributed by atoms with Crippen LogP contribution in [0.15, 0.2) is 5.51 Å². The molecule has 0 saturated carbocycles. The Labute approximate surface area is 105 Å². The summed E-state index contributed by atoms with van der Waals surface area (Å²) in [5.74, 6) is -0.873. The number of nitrogens with zero attached hydrogens (tertiary/aromatic N) is 2. The van der Waals surface area contributed by atoms with Crippen LogP contribution < -0.4 is 0 Å². The summed E-state index contributed by atoms with van der Waals surface area (Å²) in [6.45, 7) is 5.81. The van der Waals surface area contributed by atoms with Gasteiger partial charge in [0.2, 0.25) is 0 Å². The number of thiazole rings is 1. The Morgan fingerprint density at radius 3 is 3.06 bits per heavy atom. The van der Waals surface area contributed by atoms with Crippen molar-refractivity contribution in [1.82, 2.24) is 9.88 Å². The molecule has 2 unspecified atom stereocenters. The molecule has 1 aliphatic heterocycles. The molecule has 5 heteroatoms. The van der Waals surface area contributed by atoms with E-state index in [0.29, 0.717) is 6.54 Å². The molecule has 0 bridgehead atoms. The highest BCUT2D eigenvalue weighted by Crippen LogP contribution is 2.30. The third-order valence-corrected chi connectivity index (χ3v) is 4.61. The van der Waals surface area contributed by atoms with Crippen molar-refractivity contribution in [3.8, 4) is 0 Å². The third kappa shape index (κ3) is 2.66. The van der Waals surface area contributed by atoms with Gasteiger partial charge in [-0.2, -0.15) is 0 Å². The van der Waals surface area contributed by atoms with E-state index in [1.54, 1.807) is 11.3 Å². The number of aryl methyl sites for hydroxylation is 1. The summed E-state index contributed by atoms with van der Waals surface area (Å²) in [6, 6.07) is 0.282. The van der Waals surface area contributed by atoms with E-state index in [-0.39, 0.29) is 12.0 Å². The second kappa shape index (κ2) is 5.14. The molecule has 94 valence electrons. The monoisotopic (exact) mass is 254 g/mol. The van der Waals surface area contributed by atoms with E-state index >= 15 is 0 Å². The molecule has 1 aliphatic rings. The number of aliphatic carboxylic acids is 1. The molecule has 1 N–H and O–H groups in total. The Morgan fingerprint density at radius 1 is 1.71 bits per heavy atom. The maximum atomic E-state index is 11.0. The molecule has 1 fully saturated rings. The van der Waals surface area contributed by atoms with E-state index in [0.717, 1.165) is 25.1 Å². The van der Waals surface area contributed by atoms with Crippen LogP contribution in [-0.4, -0.2) is 34.0 Å². The summed E-state index contributed by atoms with van der Waals surface area (Å²) in [7, 11) is 0. The molecular formula is C12H18N2O2S. The van der Waals surface area contributed by atoms with Crippen molar-refractivity contribution in [3.05, 3.63) is 16.1 Å². The third-order valence-electron chi connectivity index (χ3n) is 3.51. The van der Waals surface area contributed by atoms with Gasteiger partial charge in [0.1, 0.15) is 0 Å². The first-order valence-electron chi connectivity index (χ1n) is 5.96. The minimum atomic E-state index is -0.664. The number of aromatic nitrogens is 1. The van der Waals surface area contributed by atoms with Gasteiger partial charge < -0.3 is 5.11 Å². The number of piperidine rings is 1. The van der Waals surface area contributed by atoms with Crippen LogP contribution in [0, 0.1) is 12.8 Å². The van der Waals surface area contributed by atoms with Gasteiger partial charge in [-0.05, 0) is 33.2 Å². The van der Waals surface area contributed by atoms with Crippen molar-refractivity contribution in [2.24, 2.45) is 5.92 Å². The highest BCUT2D eigenvalue weighted by molar-refractivity contribution is 7.09. The number of carbonyl (C=O) groups is 1. The molecule has 17 heavy (non-hydrogen) atoms. The normalized spacial score (nSPS) is 23.5. The second-order valence-corrected chi connectivity index (χ2v) is 5.54. The van der Waals surface area contributed by atoms with Gasteiger partial charge in [-0.25, -0.2) is 4.98 Å². The Bertz CT molecular complexity index is 405. The van der Waals surface area contributed by atoms with Crippen molar-refractivity contribution in [2.45, 2.75) is 32.7 Å². The number of hydrogen-bond acceptors (Lipinski definition) is 4. The van der Waals surface area contributed by atoms with Gasteiger partial charge in [0.05, 0.1) is 17.1 Å². The van der Waals surface area contributed by atoms with Crippen LogP contribution in [0.3, 0.4) is 0 Å². The van der Waals surface area contributed by atoms with Crippen molar-refractivity contribution in [3.63, 3.8) is 0 Å². The predicted octanol–water partition coefficient (Wildman–Crippen LogP) is 2.31. The highest BCUT2D eigenvalue weighted by atomic mass is 32.1. The van der Waals surface area contributed by atoms with Crippen LogP contribution in [0.2, 0.25) is 0 Å². The van der Waals surface area contributed by atoms with Gasteiger partial charge >= 0.3 is 5.97 Å². The zero-order valence-corrected chi connectivity index (χ0v) is 11.0. The number of likely N-dealkylation sites (tertiary alicyclic amines) is 1. The van der Waals surface area contributed by atoms with E-state index in [4.69, 9.17) is 5.11 Å².